The molecule has 8 nitrogen and oxygen atoms in total. The first kappa shape index (κ1) is 18.7. The molecule has 0 saturated carbocycles. The van der Waals surface area contributed by atoms with Gasteiger partial charge in [-0.2, -0.15) is 0 Å². The van der Waals surface area contributed by atoms with E-state index in [-0.39, 0.29) is 30.2 Å². The summed E-state index contributed by atoms with van der Waals surface area (Å²) < 4.78 is 5.92. The van der Waals surface area contributed by atoms with Crippen LogP contribution in [0.1, 0.15) is 40.7 Å². The van der Waals surface area contributed by atoms with Crippen molar-refractivity contribution < 1.29 is 19.1 Å². The van der Waals surface area contributed by atoms with Gasteiger partial charge in [0.05, 0.1) is 12.7 Å². The minimum Gasteiger partial charge on any atom is -0.376 e. The lowest BCUT2D eigenvalue weighted by Crippen LogP contribution is -2.54. The van der Waals surface area contributed by atoms with Crippen molar-refractivity contribution in [2.24, 2.45) is 5.41 Å². The van der Waals surface area contributed by atoms with E-state index in [2.05, 4.69) is 16.0 Å². The molecule has 2 atom stereocenters. The number of carbonyl (C=O) groups excluding carboxylic acids is 3. The molecule has 8 heteroatoms. The molecular weight excluding hydrogens is 372 g/mol. The lowest BCUT2D eigenvalue weighted by atomic mass is 9.80. The molecule has 154 valence electrons. The van der Waals surface area contributed by atoms with Crippen molar-refractivity contribution in [1.29, 1.82) is 0 Å². The molecule has 0 bridgehead atoms. The zero-order valence-electron chi connectivity index (χ0n) is 16.3. The maximum absolute atomic E-state index is 12.7. The van der Waals surface area contributed by atoms with Crippen LogP contribution in [0, 0.1) is 5.41 Å². The van der Waals surface area contributed by atoms with Crippen molar-refractivity contribution in [2.45, 2.75) is 44.5 Å². The molecule has 1 spiro atoms. The molecule has 5 rings (SSSR count). The molecular formula is C21H26N4O4. The fourth-order valence-electron chi connectivity index (χ4n) is 4.87. The van der Waals surface area contributed by atoms with Gasteiger partial charge in [0.1, 0.15) is 6.04 Å². The Morgan fingerprint density at radius 2 is 2.10 bits per heavy atom. The minimum atomic E-state index is -0.568. The summed E-state index contributed by atoms with van der Waals surface area (Å²) >= 11 is 0. The molecule has 3 saturated heterocycles. The third-order valence-electron chi connectivity index (χ3n) is 6.57. The predicted molar refractivity (Wildman–Crippen MR) is 104 cm³/mol. The number of ether oxygens (including phenoxy) is 1. The van der Waals surface area contributed by atoms with E-state index >= 15 is 0 Å². The smallest absolute Gasteiger partial charge is 0.255 e. The average molecular weight is 398 g/mol. The van der Waals surface area contributed by atoms with Gasteiger partial charge in [0.25, 0.3) is 5.91 Å². The van der Waals surface area contributed by atoms with Crippen LogP contribution in [-0.4, -0.2) is 61.0 Å². The van der Waals surface area contributed by atoms with E-state index < -0.39 is 6.04 Å². The Morgan fingerprint density at radius 1 is 1.24 bits per heavy atom. The van der Waals surface area contributed by atoms with Gasteiger partial charge < -0.3 is 20.3 Å². The summed E-state index contributed by atoms with van der Waals surface area (Å²) in [5.74, 6) is -0.775. The number of piperidine rings is 1. The Labute approximate surface area is 169 Å². The first-order chi connectivity index (χ1) is 14.0. The van der Waals surface area contributed by atoms with E-state index in [4.69, 9.17) is 4.74 Å². The summed E-state index contributed by atoms with van der Waals surface area (Å²) in [6, 6.07) is 5.28. The van der Waals surface area contributed by atoms with E-state index in [0.717, 1.165) is 43.8 Å². The minimum absolute atomic E-state index is 0.132. The summed E-state index contributed by atoms with van der Waals surface area (Å²) in [5, 5.41) is 9.14. The van der Waals surface area contributed by atoms with Crippen LogP contribution in [0.5, 0.6) is 0 Å². The lowest BCUT2D eigenvalue weighted by Gasteiger charge is -2.37. The second-order valence-electron chi connectivity index (χ2n) is 8.76. The molecule has 0 aromatic heterocycles. The average Bonchev–Trinajstić information content (AvgIpc) is 3.24. The summed E-state index contributed by atoms with van der Waals surface area (Å²) in [5.41, 5.74) is 3.06. The third-order valence-corrected chi connectivity index (χ3v) is 6.57. The predicted octanol–water partition coefficient (Wildman–Crippen LogP) is -0.0843. The fourth-order valence-corrected chi connectivity index (χ4v) is 4.87. The van der Waals surface area contributed by atoms with Crippen LogP contribution < -0.4 is 16.0 Å². The molecule has 29 heavy (non-hydrogen) atoms. The van der Waals surface area contributed by atoms with Crippen LogP contribution in [0.4, 0.5) is 0 Å². The normalized spacial score (nSPS) is 27.9. The van der Waals surface area contributed by atoms with Crippen LogP contribution in [-0.2, 0) is 27.4 Å². The highest BCUT2D eigenvalue weighted by Gasteiger charge is 2.44. The highest BCUT2D eigenvalue weighted by molar-refractivity contribution is 6.05. The Hall–Kier alpha value is -2.29. The number of benzene rings is 1. The van der Waals surface area contributed by atoms with Gasteiger partial charge in [-0.25, -0.2) is 0 Å². The monoisotopic (exact) mass is 398 g/mol. The van der Waals surface area contributed by atoms with Crippen molar-refractivity contribution >= 4 is 17.7 Å². The SMILES string of the molecule is O=C1CCC(N2Cc3cc(CNCC4CC5(CNC5)CO4)ccc3C2=O)C(=O)N1. The Bertz CT molecular complexity index is 866. The number of hydrogen-bond donors (Lipinski definition) is 3. The number of fused-ring (bicyclic) bond motifs is 1. The van der Waals surface area contributed by atoms with Crippen LogP contribution in [0.25, 0.3) is 0 Å². The largest absolute Gasteiger partial charge is 0.376 e. The summed E-state index contributed by atoms with van der Waals surface area (Å²) in [4.78, 5) is 37.8. The van der Waals surface area contributed by atoms with Gasteiger partial charge in [0, 0.05) is 50.1 Å². The number of carbonyl (C=O) groups is 3. The summed E-state index contributed by atoms with van der Waals surface area (Å²) in [6.45, 7) is 4.92. The molecule has 1 aromatic rings. The molecule has 0 radical (unpaired) electrons. The van der Waals surface area contributed by atoms with E-state index in [9.17, 15) is 14.4 Å². The fraction of sp³-hybridized carbons (Fsp3) is 0.571. The standard InChI is InChI=1S/C21H26N4O4/c26-18-4-3-17(19(27)24-18)25-9-14-5-13(1-2-16(14)20(25)28)7-22-8-15-6-21(12-29-15)10-23-11-21/h1-2,5,15,17,22-23H,3-4,6-12H2,(H,24,26,27). The maximum Gasteiger partial charge on any atom is 0.255 e. The molecule has 3 amide bonds. The molecule has 3 N–H and O–H groups in total. The topological polar surface area (TPSA) is 99.8 Å². The number of amides is 3. The van der Waals surface area contributed by atoms with Gasteiger partial charge >= 0.3 is 0 Å². The number of rotatable bonds is 5. The van der Waals surface area contributed by atoms with Gasteiger partial charge in [-0.15, -0.1) is 0 Å². The van der Waals surface area contributed by atoms with Gasteiger partial charge in [0.15, 0.2) is 0 Å². The number of nitrogens with zero attached hydrogens (tertiary/aromatic N) is 1. The Kier molecular flexibility index (Phi) is 4.64. The maximum atomic E-state index is 12.7. The molecule has 0 aliphatic carbocycles. The highest BCUT2D eigenvalue weighted by Crippen LogP contribution is 2.35. The number of hydrogen-bond acceptors (Lipinski definition) is 6. The summed E-state index contributed by atoms with van der Waals surface area (Å²) in [6.07, 6.45) is 2.02. The Morgan fingerprint density at radius 3 is 2.83 bits per heavy atom. The third kappa shape index (κ3) is 3.45. The van der Waals surface area contributed by atoms with Crippen LogP contribution >= 0.6 is 0 Å². The van der Waals surface area contributed by atoms with Crippen molar-refractivity contribution in [3.8, 4) is 0 Å². The van der Waals surface area contributed by atoms with Crippen LogP contribution in [0.3, 0.4) is 0 Å². The molecule has 3 fully saturated rings. The second-order valence-corrected chi connectivity index (χ2v) is 8.76. The molecule has 4 aliphatic rings. The van der Waals surface area contributed by atoms with E-state index in [1.54, 1.807) is 4.90 Å². The second kappa shape index (κ2) is 7.19. The van der Waals surface area contributed by atoms with E-state index in [0.29, 0.717) is 30.5 Å². The van der Waals surface area contributed by atoms with Gasteiger partial charge in [-0.05, 0) is 30.0 Å². The van der Waals surface area contributed by atoms with Gasteiger partial charge in [-0.1, -0.05) is 12.1 Å². The zero-order chi connectivity index (χ0) is 20.0. The molecule has 4 aliphatic heterocycles. The van der Waals surface area contributed by atoms with Crippen molar-refractivity contribution in [3.63, 3.8) is 0 Å². The first-order valence-electron chi connectivity index (χ1n) is 10.3. The highest BCUT2D eigenvalue weighted by atomic mass is 16.5. The van der Waals surface area contributed by atoms with E-state index in [1.807, 2.05) is 18.2 Å². The van der Waals surface area contributed by atoms with Crippen molar-refractivity contribution in [2.75, 3.05) is 26.2 Å². The number of imide groups is 1. The van der Waals surface area contributed by atoms with Gasteiger partial charge in [0.2, 0.25) is 11.8 Å². The summed E-state index contributed by atoms with van der Waals surface area (Å²) in [7, 11) is 0. The molecule has 4 heterocycles. The Balaban J connectivity index is 1.18. The number of nitrogens with one attached hydrogen (secondary N) is 3. The molecule has 2 unspecified atom stereocenters. The zero-order valence-corrected chi connectivity index (χ0v) is 16.3. The van der Waals surface area contributed by atoms with E-state index in [1.165, 1.54) is 0 Å². The van der Waals surface area contributed by atoms with Gasteiger partial charge in [-0.3, -0.25) is 19.7 Å². The van der Waals surface area contributed by atoms with Crippen molar-refractivity contribution in [3.05, 3.63) is 34.9 Å². The first-order valence-corrected chi connectivity index (χ1v) is 10.3. The lowest BCUT2D eigenvalue weighted by molar-refractivity contribution is -0.136. The quantitative estimate of drug-likeness (QED) is 0.600. The molecule has 1 aromatic carbocycles. The van der Waals surface area contributed by atoms with Crippen LogP contribution in [0.15, 0.2) is 18.2 Å². The van der Waals surface area contributed by atoms with Crippen molar-refractivity contribution in [1.82, 2.24) is 20.9 Å². The van der Waals surface area contributed by atoms with Crippen LogP contribution in [0.2, 0.25) is 0 Å².